The largest absolute Gasteiger partial charge is 0.494 e. The number of carbonyl (C=O) groups excluding carboxylic acids is 2. The molecule has 1 amide bonds. The number of methoxy groups -OCH3 is 1. The summed E-state index contributed by atoms with van der Waals surface area (Å²) >= 11 is 0. The summed E-state index contributed by atoms with van der Waals surface area (Å²) in [5.41, 5.74) is 0.918. The average molecular weight is 552 g/mol. The third-order valence-electron chi connectivity index (χ3n) is 6.20. The van der Waals surface area contributed by atoms with Crippen molar-refractivity contribution >= 4 is 17.8 Å². The van der Waals surface area contributed by atoms with Gasteiger partial charge in [0.1, 0.15) is 17.5 Å². The molecule has 0 aliphatic carbocycles. The molecule has 1 atom stereocenters. The van der Waals surface area contributed by atoms with Crippen molar-refractivity contribution in [2.45, 2.75) is 51.5 Å². The molecule has 0 saturated carbocycles. The molecule has 2 N–H and O–H groups in total. The van der Waals surface area contributed by atoms with Crippen LogP contribution in [-0.2, 0) is 11.2 Å². The van der Waals surface area contributed by atoms with E-state index in [9.17, 15) is 23.9 Å². The van der Waals surface area contributed by atoms with E-state index in [-0.39, 0.29) is 23.5 Å². The molecule has 3 aromatic carbocycles. The molecule has 0 unspecified atom stereocenters. The summed E-state index contributed by atoms with van der Waals surface area (Å²) in [5, 5.41) is 12.0. The lowest BCUT2D eigenvalue weighted by atomic mass is 10.0. The van der Waals surface area contributed by atoms with E-state index in [0.29, 0.717) is 23.5 Å². The van der Waals surface area contributed by atoms with Crippen LogP contribution in [0.1, 0.15) is 65.3 Å². The zero-order valence-electron chi connectivity index (χ0n) is 22.7. The van der Waals surface area contributed by atoms with Gasteiger partial charge in [-0.2, -0.15) is 0 Å². The second-order valence-corrected chi connectivity index (χ2v) is 9.24. The van der Waals surface area contributed by atoms with Gasteiger partial charge in [-0.15, -0.1) is 0 Å². The van der Waals surface area contributed by atoms with E-state index in [2.05, 4.69) is 12.2 Å². The van der Waals surface area contributed by atoms with E-state index in [1.54, 1.807) is 48.5 Å². The minimum absolute atomic E-state index is 0.0262. The molecule has 3 rings (SSSR count). The van der Waals surface area contributed by atoms with Gasteiger partial charge < -0.3 is 24.6 Å². The number of amides is 1. The highest BCUT2D eigenvalue weighted by molar-refractivity contribution is 5.96. The summed E-state index contributed by atoms with van der Waals surface area (Å²) in [6.07, 6.45) is 5.72. The highest BCUT2D eigenvalue weighted by Gasteiger charge is 2.22. The standard InChI is InChI=1S/C31H34FNO7/c1-3-4-5-6-7-18-39-24-15-10-22(11-16-24)31(37)40-25-13-8-21(9-14-25)19-27(30(35)36)33-29(34)23-12-17-28(38-2)26(32)20-23/h8-17,20,27H,3-7,18-19H2,1-2H3,(H,33,34)(H,35,36)/t27-/m0/s1. The van der Waals surface area contributed by atoms with Crippen LogP contribution < -0.4 is 19.5 Å². The van der Waals surface area contributed by atoms with E-state index >= 15 is 0 Å². The lowest BCUT2D eigenvalue weighted by Crippen LogP contribution is -2.42. The van der Waals surface area contributed by atoms with Crippen LogP contribution >= 0.6 is 0 Å². The number of nitrogens with one attached hydrogen (secondary N) is 1. The van der Waals surface area contributed by atoms with Gasteiger partial charge >= 0.3 is 11.9 Å². The molecule has 40 heavy (non-hydrogen) atoms. The summed E-state index contributed by atoms with van der Waals surface area (Å²) < 4.78 is 29.9. The topological polar surface area (TPSA) is 111 Å². The Hall–Kier alpha value is -4.40. The molecule has 3 aromatic rings. The van der Waals surface area contributed by atoms with Gasteiger partial charge in [-0.3, -0.25) is 4.79 Å². The maximum atomic E-state index is 13.9. The van der Waals surface area contributed by atoms with Crippen LogP contribution in [0.15, 0.2) is 66.7 Å². The van der Waals surface area contributed by atoms with Crippen molar-refractivity contribution in [3.8, 4) is 17.2 Å². The third kappa shape index (κ3) is 9.11. The van der Waals surface area contributed by atoms with Gasteiger partial charge in [-0.1, -0.05) is 44.7 Å². The van der Waals surface area contributed by atoms with Gasteiger partial charge in [0.15, 0.2) is 11.6 Å². The molecule has 212 valence electrons. The van der Waals surface area contributed by atoms with Gasteiger partial charge in [0.05, 0.1) is 19.3 Å². The lowest BCUT2D eigenvalue weighted by Gasteiger charge is -2.15. The molecule has 9 heteroatoms. The number of esters is 1. The predicted molar refractivity (Wildman–Crippen MR) is 148 cm³/mol. The molecule has 0 bridgehead atoms. The minimum Gasteiger partial charge on any atom is -0.494 e. The van der Waals surface area contributed by atoms with Gasteiger partial charge in [-0.05, 0) is 66.6 Å². The predicted octanol–water partition coefficient (Wildman–Crippen LogP) is 5.83. The van der Waals surface area contributed by atoms with Crippen molar-refractivity contribution in [1.29, 1.82) is 0 Å². The quantitative estimate of drug-likeness (QED) is 0.139. The molecule has 0 aromatic heterocycles. The molecule has 0 radical (unpaired) electrons. The Labute approximate surface area is 233 Å². The second kappa shape index (κ2) is 15.3. The number of rotatable bonds is 15. The number of carboxylic acid groups (broad SMARTS) is 1. The summed E-state index contributed by atoms with van der Waals surface area (Å²) in [4.78, 5) is 36.8. The van der Waals surface area contributed by atoms with E-state index in [4.69, 9.17) is 14.2 Å². The van der Waals surface area contributed by atoms with Crippen LogP contribution in [0.5, 0.6) is 17.2 Å². The van der Waals surface area contributed by atoms with Crippen molar-refractivity contribution in [2.24, 2.45) is 0 Å². The van der Waals surface area contributed by atoms with Gasteiger partial charge in [-0.25, -0.2) is 14.0 Å². The van der Waals surface area contributed by atoms with Crippen LogP contribution in [0.3, 0.4) is 0 Å². The summed E-state index contributed by atoms with van der Waals surface area (Å²) in [6.45, 7) is 2.81. The fourth-order valence-corrected chi connectivity index (χ4v) is 3.93. The van der Waals surface area contributed by atoms with Crippen LogP contribution in [0.4, 0.5) is 4.39 Å². The number of aliphatic carboxylic acids is 1. The number of carbonyl (C=O) groups is 3. The first-order valence-electron chi connectivity index (χ1n) is 13.2. The van der Waals surface area contributed by atoms with Gasteiger partial charge in [0.2, 0.25) is 0 Å². The number of carboxylic acids is 1. The highest BCUT2D eigenvalue weighted by Crippen LogP contribution is 2.20. The Morgan fingerprint density at radius 1 is 0.875 bits per heavy atom. The highest BCUT2D eigenvalue weighted by atomic mass is 19.1. The van der Waals surface area contributed by atoms with Crippen molar-refractivity contribution < 1.29 is 38.1 Å². The summed E-state index contributed by atoms with van der Waals surface area (Å²) in [7, 11) is 1.30. The van der Waals surface area contributed by atoms with Crippen molar-refractivity contribution in [2.75, 3.05) is 13.7 Å². The smallest absolute Gasteiger partial charge is 0.343 e. The van der Waals surface area contributed by atoms with Gasteiger partial charge in [0.25, 0.3) is 5.91 Å². The molecule has 8 nitrogen and oxygen atoms in total. The molecule has 0 heterocycles. The minimum atomic E-state index is -1.26. The van der Waals surface area contributed by atoms with E-state index in [1.165, 1.54) is 38.5 Å². The number of unbranched alkanes of at least 4 members (excludes halogenated alkanes) is 4. The van der Waals surface area contributed by atoms with Crippen molar-refractivity contribution in [1.82, 2.24) is 5.32 Å². The fraction of sp³-hybridized carbons (Fsp3) is 0.323. The van der Waals surface area contributed by atoms with Crippen LogP contribution in [0, 0.1) is 5.82 Å². The Balaban J connectivity index is 1.52. The molecule has 0 aliphatic heterocycles. The number of ether oxygens (including phenoxy) is 3. The van der Waals surface area contributed by atoms with Gasteiger partial charge in [0, 0.05) is 12.0 Å². The number of halogens is 1. The van der Waals surface area contributed by atoms with Crippen LogP contribution in [0.25, 0.3) is 0 Å². The number of hydrogen-bond acceptors (Lipinski definition) is 6. The number of hydrogen-bond donors (Lipinski definition) is 2. The molecule has 0 spiro atoms. The second-order valence-electron chi connectivity index (χ2n) is 9.24. The molecule has 0 aliphatic rings. The fourth-order valence-electron chi connectivity index (χ4n) is 3.93. The molecule has 0 saturated heterocycles. The zero-order chi connectivity index (χ0) is 28.9. The maximum Gasteiger partial charge on any atom is 0.343 e. The maximum absolute atomic E-state index is 13.9. The monoisotopic (exact) mass is 551 g/mol. The van der Waals surface area contributed by atoms with Crippen LogP contribution in [-0.4, -0.2) is 42.7 Å². The Kier molecular flexibility index (Phi) is 11.5. The lowest BCUT2D eigenvalue weighted by molar-refractivity contribution is -0.139. The van der Waals surface area contributed by atoms with Crippen molar-refractivity contribution in [3.63, 3.8) is 0 Å². The Bertz CT molecular complexity index is 1280. The molecular formula is C31H34FNO7. The first kappa shape index (κ1) is 30.1. The Morgan fingerprint density at radius 2 is 1.52 bits per heavy atom. The van der Waals surface area contributed by atoms with E-state index in [0.717, 1.165) is 18.9 Å². The van der Waals surface area contributed by atoms with Crippen LogP contribution in [0.2, 0.25) is 0 Å². The average Bonchev–Trinajstić information content (AvgIpc) is 2.95. The summed E-state index contributed by atoms with van der Waals surface area (Å²) in [6, 6.07) is 15.4. The summed E-state index contributed by atoms with van der Waals surface area (Å²) in [5.74, 6) is -2.31. The first-order chi connectivity index (χ1) is 19.3. The molecule has 0 fully saturated rings. The molecular weight excluding hydrogens is 517 g/mol. The Morgan fingerprint density at radius 3 is 2.15 bits per heavy atom. The SMILES string of the molecule is CCCCCCCOc1ccc(C(=O)Oc2ccc(C[C@H](NC(=O)c3ccc(OC)c(F)c3)C(=O)O)cc2)cc1. The normalized spacial score (nSPS) is 11.4. The van der Waals surface area contributed by atoms with E-state index < -0.39 is 29.7 Å². The first-order valence-corrected chi connectivity index (χ1v) is 13.2. The van der Waals surface area contributed by atoms with E-state index in [1.807, 2.05) is 0 Å². The third-order valence-corrected chi connectivity index (χ3v) is 6.20. The van der Waals surface area contributed by atoms with Crippen molar-refractivity contribution in [3.05, 3.63) is 89.2 Å². The number of benzene rings is 3. The zero-order valence-corrected chi connectivity index (χ0v) is 22.7.